The summed E-state index contributed by atoms with van der Waals surface area (Å²) >= 11 is 12.2. The highest BCUT2D eigenvalue weighted by Gasteiger charge is 2.27. The van der Waals surface area contributed by atoms with E-state index in [1.54, 1.807) is 41.3 Å². The second kappa shape index (κ2) is 9.08. The predicted molar refractivity (Wildman–Crippen MR) is 118 cm³/mol. The first-order valence-corrected chi connectivity index (χ1v) is 10.7. The molecule has 0 aliphatic heterocycles. The number of nitrogens with zero attached hydrogens (tertiary/aromatic N) is 3. The molecule has 1 aliphatic rings. The third-order valence-electron chi connectivity index (χ3n) is 5.46. The van der Waals surface area contributed by atoms with E-state index in [4.69, 9.17) is 28.3 Å². The summed E-state index contributed by atoms with van der Waals surface area (Å²) in [4.78, 5) is 28.2. The van der Waals surface area contributed by atoms with Crippen LogP contribution in [0, 0.1) is 5.92 Å². The van der Waals surface area contributed by atoms with Crippen LogP contribution in [-0.4, -0.2) is 37.8 Å². The van der Waals surface area contributed by atoms with Gasteiger partial charge < -0.3 is 10.4 Å². The standard InChI is InChI=1S/C22H20Cl2N4O3/c23-17-8-7-16(10-18(17)24)28-20(14-2-1-9-25-12-14)11-19(27-28)21(29)26-15-5-3-13(4-6-15)22(30)31/h1-2,7-13,15H,3-6H2,(H,26,29)(H,30,31). The number of hydrogen-bond acceptors (Lipinski definition) is 4. The summed E-state index contributed by atoms with van der Waals surface area (Å²) in [5, 5.41) is 17.5. The number of carbonyl (C=O) groups is 2. The van der Waals surface area contributed by atoms with Crippen molar-refractivity contribution < 1.29 is 14.7 Å². The van der Waals surface area contributed by atoms with Crippen LogP contribution in [0.1, 0.15) is 36.2 Å². The fourth-order valence-electron chi connectivity index (χ4n) is 3.77. The van der Waals surface area contributed by atoms with Gasteiger partial charge in [0.05, 0.1) is 27.3 Å². The third-order valence-corrected chi connectivity index (χ3v) is 6.20. The Morgan fingerprint density at radius 3 is 2.48 bits per heavy atom. The molecule has 4 rings (SSSR count). The third kappa shape index (κ3) is 4.73. The molecule has 1 saturated carbocycles. The molecule has 31 heavy (non-hydrogen) atoms. The van der Waals surface area contributed by atoms with Crippen LogP contribution in [0.15, 0.2) is 48.8 Å². The Hall–Kier alpha value is -2.90. The molecule has 2 aromatic heterocycles. The number of carbonyl (C=O) groups excluding carboxylic acids is 1. The van der Waals surface area contributed by atoms with Gasteiger partial charge in [0, 0.05) is 24.0 Å². The summed E-state index contributed by atoms with van der Waals surface area (Å²) in [7, 11) is 0. The van der Waals surface area contributed by atoms with Crippen molar-refractivity contribution in [3.8, 4) is 16.9 Å². The van der Waals surface area contributed by atoms with Crippen molar-refractivity contribution in [3.63, 3.8) is 0 Å². The van der Waals surface area contributed by atoms with Crippen LogP contribution in [0.4, 0.5) is 0 Å². The number of aliphatic carboxylic acids is 1. The van der Waals surface area contributed by atoms with E-state index in [2.05, 4.69) is 15.4 Å². The maximum absolute atomic E-state index is 12.9. The van der Waals surface area contributed by atoms with Gasteiger partial charge in [0.1, 0.15) is 0 Å². The molecule has 7 nitrogen and oxygen atoms in total. The van der Waals surface area contributed by atoms with E-state index < -0.39 is 5.97 Å². The predicted octanol–water partition coefficient (Wildman–Crippen LogP) is 4.61. The maximum atomic E-state index is 12.9. The van der Waals surface area contributed by atoms with Crippen LogP contribution >= 0.6 is 23.2 Å². The van der Waals surface area contributed by atoms with E-state index in [1.165, 1.54) is 0 Å². The highest BCUT2D eigenvalue weighted by atomic mass is 35.5. The van der Waals surface area contributed by atoms with Gasteiger partial charge in [-0.15, -0.1) is 0 Å². The Morgan fingerprint density at radius 2 is 1.84 bits per heavy atom. The monoisotopic (exact) mass is 458 g/mol. The van der Waals surface area contributed by atoms with E-state index in [0.29, 0.717) is 47.1 Å². The molecule has 0 atom stereocenters. The molecule has 0 saturated heterocycles. The second-order valence-corrected chi connectivity index (χ2v) is 8.34. The molecule has 0 bridgehead atoms. The Morgan fingerprint density at radius 1 is 1.06 bits per heavy atom. The fraction of sp³-hybridized carbons (Fsp3) is 0.273. The van der Waals surface area contributed by atoms with Crippen LogP contribution in [0.2, 0.25) is 10.0 Å². The molecular weight excluding hydrogens is 439 g/mol. The SMILES string of the molecule is O=C(NC1CCC(C(=O)O)CC1)c1cc(-c2cccnc2)n(-c2ccc(Cl)c(Cl)c2)n1. The van der Waals surface area contributed by atoms with Crippen molar-refractivity contribution in [3.05, 3.63) is 64.5 Å². The molecule has 0 spiro atoms. The molecule has 9 heteroatoms. The summed E-state index contributed by atoms with van der Waals surface area (Å²) in [5.41, 5.74) is 2.40. The lowest BCUT2D eigenvalue weighted by Gasteiger charge is -2.26. The largest absolute Gasteiger partial charge is 0.481 e. The second-order valence-electron chi connectivity index (χ2n) is 7.53. The number of nitrogens with one attached hydrogen (secondary N) is 1. The number of hydrogen-bond donors (Lipinski definition) is 2. The number of carboxylic acid groups (broad SMARTS) is 1. The Balaban J connectivity index is 1.61. The number of carboxylic acids is 1. The van der Waals surface area contributed by atoms with E-state index in [0.717, 1.165) is 5.56 Å². The summed E-state index contributed by atoms with van der Waals surface area (Å²) in [6.45, 7) is 0. The first-order valence-electron chi connectivity index (χ1n) is 9.92. The number of pyridine rings is 1. The molecule has 1 aliphatic carbocycles. The zero-order chi connectivity index (χ0) is 22.0. The minimum atomic E-state index is -0.772. The number of rotatable bonds is 5. The van der Waals surface area contributed by atoms with Crippen LogP contribution in [0.3, 0.4) is 0 Å². The summed E-state index contributed by atoms with van der Waals surface area (Å²) in [6, 6.07) is 10.5. The molecule has 2 heterocycles. The lowest BCUT2D eigenvalue weighted by atomic mass is 9.86. The van der Waals surface area contributed by atoms with Gasteiger partial charge in [-0.3, -0.25) is 14.6 Å². The lowest BCUT2D eigenvalue weighted by molar-refractivity contribution is -0.142. The van der Waals surface area contributed by atoms with Crippen molar-refractivity contribution in [2.24, 2.45) is 5.92 Å². The van der Waals surface area contributed by atoms with Gasteiger partial charge in [0.2, 0.25) is 0 Å². The number of benzene rings is 1. The van der Waals surface area contributed by atoms with Crippen LogP contribution < -0.4 is 5.32 Å². The van der Waals surface area contributed by atoms with Crippen molar-refractivity contribution in [1.82, 2.24) is 20.1 Å². The van der Waals surface area contributed by atoms with E-state index in [-0.39, 0.29) is 23.6 Å². The zero-order valence-corrected chi connectivity index (χ0v) is 18.0. The molecule has 160 valence electrons. The quantitative estimate of drug-likeness (QED) is 0.581. The highest BCUT2D eigenvalue weighted by Crippen LogP contribution is 2.29. The number of amides is 1. The van der Waals surface area contributed by atoms with Crippen molar-refractivity contribution in [2.45, 2.75) is 31.7 Å². The van der Waals surface area contributed by atoms with E-state index >= 15 is 0 Å². The molecule has 3 aromatic rings. The minimum Gasteiger partial charge on any atom is -0.481 e. The Labute approximate surface area is 189 Å². The maximum Gasteiger partial charge on any atom is 0.306 e. The molecule has 1 aromatic carbocycles. The smallest absolute Gasteiger partial charge is 0.306 e. The summed E-state index contributed by atoms with van der Waals surface area (Å²) in [6.07, 6.45) is 5.74. The molecule has 1 amide bonds. The van der Waals surface area contributed by atoms with Gasteiger partial charge >= 0.3 is 5.97 Å². The molecule has 0 radical (unpaired) electrons. The molecule has 2 N–H and O–H groups in total. The lowest BCUT2D eigenvalue weighted by Crippen LogP contribution is -2.38. The number of aromatic nitrogens is 3. The van der Waals surface area contributed by atoms with Gasteiger partial charge in [0.25, 0.3) is 5.91 Å². The molecule has 0 unspecified atom stereocenters. The first-order chi connectivity index (χ1) is 14.9. The van der Waals surface area contributed by atoms with Gasteiger partial charge in [-0.25, -0.2) is 4.68 Å². The normalized spacial score (nSPS) is 18.5. The van der Waals surface area contributed by atoms with Crippen molar-refractivity contribution >= 4 is 35.1 Å². The van der Waals surface area contributed by atoms with E-state index in [1.807, 2.05) is 12.1 Å². The van der Waals surface area contributed by atoms with Gasteiger partial charge in [-0.2, -0.15) is 5.10 Å². The highest BCUT2D eigenvalue weighted by molar-refractivity contribution is 6.42. The van der Waals surface area contributed by atoms with Crippen LogP contribution in [-0.2, 0) is 4.79 Å². The molecular formula is C22H20Cl2N4O3. The van der Waals surface area contributed by atoms with Crippen LogP contribution in [0.5, 0.6) is 0 Å². The van der Waals surface area contributed by atoms with Gasteiger partial charge in [0.15, 0.2) is 5.69 Å². The zero-order valence-electron chi connectivity index (χ0n) is 16.5. The topological polar surface area (TPSA) is 97.1 Å². The summed E-state index contributed by atoms with van der Waals surface area (Å²) < 4.78 is 1.63. The Bertz CT molecular complexity index is 1110. The van der Waals surface area contributed by atoms with E-state index in [9.17, 15) is 9.59 Å². The minimum absolute atomic E-state index is 0.0694. The van der Waals surface area contributed by atoms with Crippen molar-refractivity contribution in [2.75, 3.05) is 0 Å². The first kappa shape index (κ1) is 21.3. The van der Waals surface area contributed by atoms with Gasteiger partial charge in [-0.05, 0) is 62.1 Å². The summed E-state index contributed by atoms with van der Waals surface area (Å²) in [5.74, 6) is -1.41. The average Bonchev–Trinajstić information content (AvgIpc) is 3.22. The fourth-order valence-corrected chi connectivity index (χ4v) is 4.06. The average molecular weight is 459 g/mol. The Kier molecular flexibility index (Phi) is 6.25. The van der Waals surface area contributed by atoms with Gasteiger partial charge in [-0.1, -0.05) is 23.2 Å². The van der Waals surface area contributed by atoms with Crippen molar-refractivity contribution in [1.29, 1.82) is 0 Å². The number of halogens is 2. The molecule has 1 fully saturated rings. The van der Waals surface area contributed by atoms with Crippen LogP contribution in [0.25, 0.3) is 16.9 Å².